The number of nitrogens with two attached hydrogens (primary N) is 1. The van der Waals surface area contributed by atoms with E-state index >= 15 is 0 Å². The van der Waals surface area contributed by atoms with Crippen LogP contribution in [-0.2, 0) is 4.79 Å². The fourth-order valence-corrected chi connectivity index (χ4v) is 2.82. The van der Waals surface area contributed by atoms with E-state index in [0.717, 1.165) is 19.1 Å². The summed E-state index contributed by atoms with van der Waals surface area (Å²) in [7, 11) is 0. The molecule has 1 saturated heterocycles. The Morgan fingerprint density at radius 1 is 1.29 bits per heavy atom. The first kappa shape index (κ1) is 14.2. The summed E-state index contributed by atoms with van der Waals surface area (Å²) in [5.74, 6) is 1.20. The number of nitrogens with zero attached hydrogens (tertiary/aromatic N) is 1. The second-order valence-electron chi connectivity index (χ2n) is 6.04. The molecule has 1 aliphatic heterocycles. The number of nitrogens with one attached hydrogen (secondary N) is 1. The standard InChI is InChI=1S/C16H23N3O2/c17-13-1-5-15(6-2-13)21-11-16(20)18-9-12-7-8-19(10-12)14-3-4-14/h1-2,5-6,12,14H,3-4,7-11,17H2,(H,18,20). The van der Waals surface area contributed by atoms with Gasteiger partial charge >= 0.3 is 0 Å². The highest BCUT2D eigenvalue weighted by Gasteiger charge is 2.34. The van der Waals surface area contributed by atoms with Crippen LogP contribution in [0, 0.1) is 5.92 Å². The third-order valence-corrected chi connectivity index (χ3v) is 4.22. The average Bonchev–Trinajstić information content (AvgIpc) is 3.23. The van der Waals surface area contributed by atoms with Gasteiger partial charge in [-0.2, -0.15) is 0 Å². The first-order chi connectivity index (χ1) is 10.2. The molecule has 2 aliphatic rings. The zero-order chi connectivity index (χ0) is 14.7. The zero-order valence-electron chi connectivity index (χ0n) is 12.3. The SMILES string of the molecule is Nc1ccc(OCC(=O)NCC2CCN(C3CC3)C2)cc1. The fraction of sp³-hybridized carbons (Fsp3) is 0.562. The topological polar surface area (TPSA) is 67.6 Å². The number of nitrogen functional groups attached to an aromatic ring is 1. The van der Waals surface area contributed by atoms with Gasteiger partial charge in [-0.25, -0.2) is 0 Å². The summed E-state index contributed by atoms with van der Waals surface area (Å²) >= 11 is 0. The van der Waals surface area contributed by atoms with Crippen LogP contribution >= 0.6 is 0 Å². The van der Waals surface area contributed by atoms with E-state index in [2.05, 4.69) is 10.2 Å². The molecule has 3 N–H and O–H groups in total. The maximum atomic E-state index is 11.8. The van der Waals surface area contributed by atoms with E-state index in [4.69, 9.17) is 10.5 Å². The smallest absolute Gasteiger partial charge is 0.257 e. The molecule has 0 spiro atoms. The summed E-state index contributed by atoms with van der Waals surface area (Å²) in [5, 5.41) is 2.97. The van der Waals surface area contributed by atoms with Crippen LogP contribution in [0.4, 0.5) is 5.69 Å². The summed E-state index contributed by atoms with van der Waals surface area (Å²) < 4.78 is 5.43. The Balaban J connectivity index is 1.33. The third-order valence-electron chi connectivity index (χ3n) is 4.22. The quantitative estimate of drug-likeness (QED) is 0.773. The van der Waals surface area contributed by atoms with Crippen molar-refractivity contribution in [2.24, 2.45) is 5.92 Å². The lowest BCUT2D eigenvalue weighted by atomic mass is 10.1. The van der Waals surface area contributed by atoms with Gasteiger partial charge in [-0.3, -0.25) is 4.79 Å². The van der Waals surface area contributed by atoms with Gasteiger partial charge in [0.15, 0.2) is 6.61 Å². The minimum atomic E-state index is -0.0586. The van der Waals surface area contributed by atoms with Crippen molar-refractivity contribution in [2.75, 3.05) is 32.0 Å². The second kappa shape index (κ2) is 6.35. The lowest BCUT2D eigenvalue weighted by molar-refractivity contribution is -0.123. The van der Waals surface area contributed by atoms with Crippen LogP contribution in [0.25, 0.3) is 0 Å². The lowest BCUT2D eigenvalue weighted by Gasteiger charge is -2.15. The van der Waals surface area contributed by atoms with Crippen LogP contribution in [0.3, 0.4) is 0 Å². The van der Waals surface area contributed by atoms with E-state index < -0.39 is 0 Å². The lowest BCUT2D eigenvalue weighted by Crippen LogP contribution is -2.34. The molecule has 1 saturated carbocycles. The number of hydrogen-bond acceptors (Lipinski definition) is 4. The van der Waals surface area contributed by atoms with Crippen molar-refractivity contribution in [3.63, 3.8) is 0 Å². The largest absolute Gasteiger partial charge is 0.484 e. The predicted octanol–water partition coefficient (Wildman–Crippen LogP) is 1.25. The van der Waals surface area contributed by atoms with Gasteiger partial charge in [-0.1, -0.05) is 0 Å². The minimum Gasteiger partial charge on any atom is -0.484 e. The van der Waals surface area contributed by atoms with Gasteiger partial charge in [0.2, 0.25) is 0 Å². The number of anilines is 1. The van der Waals surface area contributed by atoms with Crippen LogP contribution in [-0.4, -0.2) is 43.1 Å². The highest BCUT2D eigenvalue weighted by Crippen LogP contribution is 2.31. The molecule has 1 unspecified atom stereocenters. The molecule has 1 heterocycles. The van der Waals surface area contributed by atoms with Crippen LogP contribution in [0.1, 0.15) is 19.3 Å². The number of benzene rings is 1. The molecule has 1 aromatic carbocycles. The molecule has 1 amide bonds. The summed E-state index contributed by atoms with van der Waals surface area (Å²) in [6.07, 6.45) is 3.90. The molecular formula is C16H23N3O2. The van der Waals surface area contributed by atoms with Gasteiger partial charge < -0.3 is 20.7 Å². The molecule has 3 rings (SSSR count). The van der Waals surface area contributed by atoms with Gasteiger partial charge in [-0.05, 0) is 56.0 Å². The maximum absolute atomic E-state index is 11.8. The average molecular weight is 289 g/mol. The van der Waals surface area contributed by atoms with Gasteiger partial charge in [0.1, 0.15) is 5.75 Å². The Morgan fingerprint density at radius 2 is 2.05 bits per heavy atom. The highest BCUT2D eigenvalue weighted by molar-refractivity contribution is 5.77. The molecular weight excluding hydrogens is 266 g/mol. The molecule has 2 fully saturated rings. The molecule has 5 heteroatoms. The number of ether oxygens (including phenoxy) is 1. The summed E-state index contributed by atoms with van der Waals surface area (Å²) in [5.41, 5.74) is 6.29. The van der Waals surface area contributed by atoms with Crippen molar-refractivity contribution in [2.45, 2.75) is 25.3 Å². The van der Waals surface area contributed by atoms with Gasteiger partial charge in [-0.15, -0.1) is 0 Å². The van der Waals surface area contributed by atoms with E-state index in [-0.39, 0.29) is 12.5 Å². The summed E-state index contributed by atoms with van der Waals surface area (Å²) in [6.45, 7) is 3.13. The second-order valence-corrected chi connectivity index (χ2v) is 6.04. The van der Waals surface area contributed by atoms with E-state index in [1.165, 1.54) is 25.8 Å². The van der Waals surface area contributed by atoms with E-state index in [1.54, 1.807) is 24.3 Å². The van der Waals surface area contributed by atoms with E-state index in [0.29, 0.717) is 17.4 Å². The van der Waals surface area contributed by atoms with Crippen molar-refractivity contribution in [1.29, 1.82) is 0 Å². The molecule has 0 aromatic heterocycles. The van der Waals surface area contributed by atoms with Gasteiger partial charge in [0, 0.05) is 24.8 Å². The predicted molar refractivity (Wildman–Crippen MR) is 82.1 cm³/mol. The molecule has 1 atom stereocenters. The normalized spacial score (nSPS) is 22.2. The van der Waals surface area contributed by atoms with Crippen molar-refractivity contribution >= 4 is 11.6 Å². The first-order valence-electron chi connectivity index (χ1n) is 7.70. The fourth-order valence-electron chi connectivity index (χ4n) is 2.82. The first-order valence-corrected chi connectivity index (χ1v) is 7.70. The Bertz CT molecular complexity index is 485. The number of carbonyl (C=O) groups is 1. The third kappa shape index (κ3) is 4.11. The van der Waals surface area contributed by atoms with Crippen molar-refractivity contribution in [3.05, 3.63) is 24.3 Å². The Labute approximate surface area is 125 Å². The number of amides is 1. The summed E-state index contributed by atoms with van der Waals surface area (Å²) in [6, 6.07) is 7.90. The van der Waals surface area contributed by atoms with Gasteiger partial charge in [0.25, 0.3) is 5.91 Å². The van der Waals surface area contributed by atoms with Crippen LogP contribution in [0.5, 0.6) is 5.75 Å². The molecule has 5 nitrogen and oxygen atoms in total. The Kier molecular flexibility index (Phi) is 4.29. The van der Waals surface area contributed by atoms with Crippen LogP contribution < -0.4 is 15.8 Å². The zero-order valence-corrected chi connectivity index (χ0v) is 12.3. The minimum absolute atomic E-state index is 0.0585. The highest BCUT2D eigenvalue weighted by atomic mass is 16.5. The monoisotopic (exact) mass is 289 g/mol. The number of hydrogen-bond donors (Lipinski definition) is 2. The van der Waals surface area contributed by atoms with Crippen molar-refractivity contribution in [3.8, 4) is 5.75 Å². The van der Waals surface area contributed by atoms with Crippen LogP contribution in [0.2, 0.25) is 0 Å². The molecule has 0 bridgehead atoms. The number of rotatable bonds is 6. The number of likely N-dealkylation sites (tertiary alicyclic amines) is 1. The Hall–Kier alpha value is -1.75. The molecule has 21 heavy (non-hydrogen) atoms. The van der Waals surface area contributed by atoms with Crippen LogP contribution in [0.15, 0.2) is 24.3 Å². The van der Waals surface area contributed by atoms with Crippen molar-refractivity contribution in [1.82, 2.24) is 10.2 Å². The van der Waals surface area contributed by atoms with Crippen molar-refractivity contribution < 1.29 is 9.53 Å². The van der Waals surface area contributed by atoms with E-state index in [1.807, 2.05) is 0 Å². The molecule has 114 valence electrons. The Morgan fingerprint density at radius 3 is 2.76 bits per heavy atom. The molecule has 1 aliphatic carbocycles. The number of carbonyl (C=O) groups excluding carboxylic acids is 1. The molecule has 1 aromatic rings. The van der Waals surface area contributed by atoms with Gasteiger partial charge in [0.05, 0.1) is 0 Å². The summed E-state index contributed by atoms with van der Waals surface area (Å²) in [4.78, 5) is 14.4. The maximum Gasteiger partial charge on any atom is 0.257 e. The van der Waals surface area contributed by atoms with E-state index in [9.17, 15) is 4.79 Å². The molecule has 0 radical (unpaired) electrons.